The Bertz CT molecular complexity index is 605. The third-order valence-corrected chi connectivity index (χ3v) is 4.12. The van der Waals surface area contributed by atoms with Crippen LogP contribution in [0.25, 0.3) is 0 Å². The molecule has 0 heterocycles. The lowest BCUT2D eigenvalue weighted by molar-refractivity contribution is -0.118. The van der Waals surface area contributed by atoms with Crippen molar-refractivity contribution in [3.05, 3.63) is 35.4 Å². The van der Waals surface area contributed by atoms with E-state index in [0.717, 1.165) is 0 Å². The van der Waals surface area contributed by atoms with Crippen molar-refractivity contribution in [1.29, 1.82) is 0 Å². The van der Waals surface area contributed by atoms with E-state index in [1.54, 1.807) is 0 Å². The second-order valence-electron chi connectivity index (χ2n) is 5.23. The van der Waals surface area contributed by atoms with Gasteiger partial charge < -0.3 is 10.4 Å². The number of amides is 1. The van der Waals surface area contributed by atoms with Gasteiger partial charge in [-0.3, -0.25) is 4.79 Å². The monoisotopic (exact) mass is 313 g/mol. The average Bonchev–Trinajstić information content (AvgIpc) is 2.35. The molecule has 1 rings (SSSR count). The first-order chi connectivity index (χ1) is 9.69. The molecule has 0 saturated carbocycles. The summed E-state index contributed by atoms with van der Waals surface area (Å²) in [4.78, 5) is 22.2. The van der Waals surface area contributed by atoms with E-state index >= 15 is 0 Å². The third kappa shape index (κ3) is 6.40. The molecule has 0 aliphatic rings. The number of carbonyl (C=O) groups excluding carboxylic acids is 1. The minimum Gasteiger partial charge on any atom is -0.478 e. The van der Waals surface area contributed by atoms with Gasteiger partial charge >= 0.3 is 5.97 Å². The fourth-order valence-corrected chi connectivity index (χ4v) is 2.92. The van der Waals surface area contributed by atoms with Gasteiger partial charge in [0, 0.05) is 6.54 Å². The van der Waals surface area contributed by atoms with Crippen LogP contribution in [-0.4, -0.2) is 37.7 Å². The molecule has 0 spiro atoms. The number of benzene rings is 1. The molecular formula is C14H19NO5S. The quantitative estimate of drug-likeness (QED) is 0.784. The molecule has 0 aliphatic carbocycles. The maximum Gasteiger partial charge on any atom is 0.335 e. The molecule has 0 atom stereocenters. The molecule has 0 unspecified atom stereocenters. The van der Waals surface area contributed by atoms with Crippen molar-refractivity contribution < 1.29 is 23.1 Å². The van der Waals surface area contributed by atoms with Crippen LogP contribution in [0.2, 0.25) is 0 Å². The Kier molecular flexibility index (Phi) is 5.90. The standard InChI is InChI=1S/C14H19NO5S/c1-10(2)7-15-13(16)9-21(19,20)8-11-3-5-12(6-4-11)14(17)18/h3-6,10H,7-9H2,1-2H3,(H,15,16)(H,17,18). The molecule has 21 heavy (non-hydrogen) atoms. The highest BCUT2D eigenvalue weighted by molar-refractivity contribution is 7.91. The molecule has 0 bridgehead atoms. The van der Waals surface area contributed by atoms with Crippen LogP contribution in [0, 0.1) is 5.92 Å². The minimum absolute atomic E-state index is 0.0887. The summed E-state index contributed by atoms with van der Waals surface area (Å²) in [6.45, 7) is 4.26. The van der Waals surface area contributed by atoms with Crippen molar-refractivity contribution in [2.45, 2.75) is 19.6 Å². The molecule has 1 aromatic rings. The van der Waals surface area contributed by atoms with Crippen LogP contribution in [0.15, 0.2) is 24.3 Å². The number of rotatable bonds is 7. The molecule has 0 saturated heterocycles. The van der Waals surface area contributed by atoms with E-state index in [1.165, 1.54) is 24.3 Å². The van der Waals surface area contributed by atoms with Crippen molar-refractivity contribution in [3.8, 4) is 0 Å². The Hall–Kier alpha value is -1.89. The molecule has 0 aliphatic heterocycles. The van der Waals surface area contributed by atoms with Gasteiger partial charge in [-0.15, -0.1) is 0 Å². The van der Waals surface area contributed by atoms with Crippen molar-refractivity contribution in [2.24, 2.45) is 5.92 Å². The summed E-state index contributed by atoms with van der Waals surface area (Å²) in [5, 5.41) is 11.3. The Balaban J connectivity index is 2.63. The van der Waals surface area contributed by atoms with Gasteiger partial charge in [0.2, 0.25) is 5.91 Å². The molecular weight excluding hydrogens is 294 g/mol. The first-order valence-corrected chi connectivity index (χ1v) is 8.31. The lowest BCUT2D eigenvalue weighted by Crippen LogP contribution is -2.33. The smallest absolute Gasteiger partial charge is 0.335 e. The lowest BCUT2D eigenvalue weighted by Gasteiger charge is -2.08. The lowest BCUT2D eigenvalue weighted by atomic mass is 10.1. The number of hydrogen-bond donors (Lipinski definition) is 2. The van der Waals surface area contributed by atoms with E-state index in [2.05, 4.69) is 5.32 Å². The van der Waals surface area contributed by atoms with E-state index < -0.39 is 27.5 Å². The van der Waals surface area contributed by atoms with Gasteiger partial charge in [-0.1, -0.05) is 26.0 Å². The van der Waals surface area contributed by atoms with Crippen molar-refractivity contribution in [3.63, 3.8) is 0 Å². The van der Waals surface area contributed by atoms with E-state index in [1.807, 2.05) is 13.8 Å². The fraction of sp³-hybridized carbons (Fsp3) is 0.429. The fourth-order valence-electron chi connectivity index (χ4n) is 1.62. The van der Waals surface area contributed by atoms with Crippen LogP contribution < -0.4 is 5.32 Å². The normalized spacial score (nSPS) is 11.4. The van der Waals surface area contributed by atoms with Gasteiger partial charge in [-0.25, -0.2) is 13.2 Å². The molecule has 0 fully saturated rings. The first kappa shape index (κ1) is 17.2. The van der Waals surface area contributed by atoms with Crippen LogP contribution in [0.3, 0.4) is 0 Å². The number of carboxylic acids is 1. The predicted molar refractivity (Wildman–Crippen MR) is 78.7 cm³/mol. The van der Waals surface area contributed by atoms with E-state index in [-0.39, 0.29) is 17.2 Å². The Labute approximate surface area is 124 Å². The van der Waals surface area contributed by atoms with Crippen LogP contribution in [0.1, 0.15) is 29.8 Å². The SMILES string of the molecule is CC(C)CNC(=O)CS(=O)(=O)Cc1ccc(C(=O)O)cc1. The van der Waals surface area contributed by atoms with Crippen molar-refractivity contribution >= 4 is 21.7 Å². The maximum atomic E-state index is 11.9. The zero-order valence-electron chi connectivity index (χ0n) is 12.0. The largest absolute Gasteiger partial charge is 0.478 e. The molecule has 6 nitrogen and oxygen atoms in total. The zero-order valence-corrected chi connectivity index (χ0v) is 12.8. The highest BCUT2D eigenvalue weighted by Gasteiger charge is 2.17. The molecule has 2 N–H and O–H groups in total. The van der Waals surface area contributed by atoms with E-state index in [4.69, 9.17) is 5.11 Å². The second-order valence-corrected chi connectivity index (χ2v) is 7.30. The number of sulfone groups is 1. The molecule has 1 aromatic carbocycles. The first-order valence-electron chi connectivity index (χ1n) is 6.49. The topological polar surface area (TPSA) is 101 Å². The number of aromatic carboxylic acids is 1. The van der Waals surface area contributed by atoms with Crippen LogP contribution >= 0.6 is 0 Å². The minimum atomic E-state index is -3.57. The van der Waals surface area contributed by atoms with Crippen LogP contribution in [0.4, 0.5) is 0 Å². The molecule has 116 valence electrons. The molecule has 0 radical (unpaired) electrons. The van der Waals surface area contributed by atoms with Gasteiger partial charge in [-0.2, -0.15) is 0 Å². The van der Waals surface area contributed by atoms with Gasteiger partial charge in [0.05, 0.1) is 11.3 Å². The van der Waals surface area contributed by atoms with Crippen LogP contribution in [0.5, 0.6) is 0 Å². The summed E-state index contributed by atoms with van der Waals surface area (Å²) in [5.41, 5.74) is 0.544. The number of nitrogens with one attached hydrogen (secondary N) is 1. The van der Waals surface area contributed by atoms with Crippen molar-refractivity contribution in [1.82, 2.24) is 5.32 Å². The number of carboxylic acid groups (broad SMARTS) is 1. The van der Waals surface area contributed by atoms with E-state index in [9.17, 15) is 18.0 Å². The average molecular weight is 313 g/mol. The Morgan fingerprint density at radius 2 is 1.76 bits per heavy atom. The molecule has 0 aromatic heterocycles. The van der Waals surface area contributed by atoms with E-state index in [0.29, 0.717) is 12.1 Å². The van der Waals surface area contributed by atoms with Gasteiger partial charge in [0.1, 0.15) is 5.75 Å². The number of carbonyl (C=O) groups is 2. The summed E-state index contributed by atoms with van der Waals surface area (Å²) >= 11 is 0. The number of hydrogen-bond acceptors (Lipinski definition) is 4. The summed E-state index contributed by atoms with van der Waals surface area (Å²) in [6.07, 6.45) is 0. The van der Waals surface area contributed by atoms with Gasteiger partial charge in [0.25, 0.3) is 0 Å². The summed E-state index contributed by atoms with van der Waals surface area (Å²) in [7, 11) is -3.57. The molecule has 7 heteroatoms. The summed E-state index contributed by atoms with van der Waals surface area (Å²) < 4.78 is 23.8. The predicted octanol–water partition coefficient (Wildman–Crippen LogP) is 1.07. The highest BCUT2D eigenvalue weighted by atomic mass is 32.2. The van der Waals surface area contributed by atoms with Gasteiger partial charge in [0.15, 0.2) is 9.84 Å². The third-order valence-electron chi connectivity index (χ3n) is 2.65. The van der Waals surface area contributed by atoms with Gasteiger partial charge in [-0.05, 0) is 23.6 Å². The van der Waals surface area contributed by atoms with Crippen molar-refractivity contribution in [2.75, 3.05) is 12.3 Å². The maximum absolute atomic E-state index is 11.9. The van der Waals surface area contributed by atoms with Crippen LogP contribution in [-0.2, 0) is 20.4 Å². The Morgan fingerprint density at radius 1 is 1.19 bits per heavy atom. The highest BCUT2D eigenvalue weighted by Crippen LogP contribution is 2.09. The molecule has 1 amide bonds. The summed E-state index contributed by atoms with van der Waals surface area (Å²) in [6, 6.07) is 5.55. The zero-order chi connectivity index (χ0) is 16.0. The summed E-state index contributed by atoms with van der Waals surface area (Å²) in [5.74, 6) is -2.20. The Morgan fingerprint density at radius 3 is 2.24 bits per heavy atom. The second kappa shape index (κ2) is 7.21.